The van der Waals surface area contributed by atoms with Gasteiger partial charge in [0.1, 0.15) is 5.00 Å². The Kier molecular flexibility index (Phi) is 7.75. The molecule has 0 saturated carbocycles. The van der Waals surface area contributed by atoms with E-state index in [9.17, 15) is 14.7 Å². The highest BCUT2D eigenvalue weighted by molar-refractivity contribution is 8.00. The van der Waals surface area contributed by atoms with E-state index in [2.05, 4.69) is 5.32 Å². The lowest BCUT2D eigenvalue weighted by atomic mass is 9.95. The Morgan fingerprint density at radius 2 is 1.97 bits per heavy atom. The van der Waals surface area contributed by atoms with E-state index in [-0.39, 0.29) is 17.1 Å². The number of thioether (sulfide) groups is 1. The Hall–Kier alpha value is -1.83. The van der Waals surface area contributed by atoms with Gasteiger partial charge in [-0.1, -0.05) is 30.3 Å². The number of carbonyl (C=O) groups excluding carboxylic acids is 2. The molecule has 29 heavy (non-hydrogen) atoms. The maximum absolute atomic E-state index is 12.7. The number of fused-ring (bicyclic) bond motifs is 1. The summed E-state index contributed by atoms with van der Waals surface area (Å²) < 4.78 is 5.24. The Balaban J connectivity index is 1.66. The van der Waals surface area contributed by atoms with E-state index in [1.807, 2.05) is 37.3 Å². The van der Waals surface area contributed by atoms with Crippen molar-refractivity contribution in [3.63, 3.8) is 0 Å². The fourth-order valence-corrected chi connectivity index (χ4v) is 5.52. The van der Waals surface area contributed by atoms with Crippen LogP contribution in [0.2, 0.25) is 0 Å². The molecule has 0 radical (unpaired) electrons. The van der Waals surface area contributed by atoms with Crippen molar-refractivity contribution in [2.45, 2.75) is 50.9 Å². The lowest BCUT2D eigenvalue weighted by molar-refractivity contribution is -0.115. The molecular weight excluding hydrogens is 406 g/mol. The number of benzene rings is 1. The van der Waals surface area contributed by atoms with Gasteiger partial charge in [0.05, 0.1) is 23.5 Å². The smallest absolute Gasteiger partial charge is 0.341 e. The maximum atomic E-state index is 12.7. The number of carbonyl (C=O) groups is 2. The first-order valence-electron chi connectivity index (χ1n) is 9.98. The van der Waals surface area contributed by atoms with Gasteiger partial charge in [0.15, 0.2) is 0 Å². The number of anilines is 1. The van der Waals surface area contributed by atoms with E-state index in [0.717, 1.165) is 36.8 Å². The number of nitrogens with one attached hydrogen (secondary N) is 1. The molecule has 1 aromatic heterocycles. The van der Waals surface area contributed by atoms with Crippen LogP contribution in [0.5, 0.6) is 0 Å². The van der Waals surface area contributed by atoms with Gasteiger partial charge in [-0.2, -0.15) is 0 Å². The summed E-state index contributed by atoms with van der Waals surface area (Å²) >= 11 is 2.88. The van der Waals surface area contributed by atoms with E-state index in [1.165, 1.54) is 28.0 Å². The average Bonchev–Trinajstić information content (AvgIpc) is 3.10. The summed E-state index contributed by atoms with van der Waals surface area (Å²) in [5, 5.41) is 13.5. The fraction of sp³-hybridized carbons (Fsp3) is 0.455. The highest BCUT2D eigenvalue weighted by Gasteiger charge is 2.28. The second-order valence-electron chi connectivity index (χ2n) is 7.03. The summed E-state index contributed by atoms with van der Waals surface area (Å²) in [4.78, 5) is 26.4. The van der Waals surface area contributed by atoms with Crippen LogP contribution in [0, 0.1) is 0 Å². The first-order chi connectivity index (χ1) is 14.0. The summed E-state index contributed by atoms with van der Waals surface area (Å²) in [6, 6.07) is 9.42. The summed E-state index contributed by atoms with van der Waals surface area (Å²) in [6.45, 7) is 3.90. The number of rotatable bonds is 8. The van der Waals surface area contributed by atoms with Gasteiger partial charge in [-0.15, -0.1) is 23.1 Å². The standard InChI is InChI=1S/C22H27NO4S2/c1-3-27-22(26)19-16-11-7-8-12-18(16)29-21(19)23-20(25)14(2)28-13-17(24)15-9-5-4-6-10-15/h4-6,9-10,14,17,24H,3,7-8,11-13H2,1-2H3,(H,23,25). The zero-order valence-electron chi connectivity index (χ0n) is 16.8. The second kappa shape index (κ2) is 10.3. The molecule has 2 unspecified atom stereocenters. The minimum absolute atomic E-state index is 0.167. The van der Waals surface area contributed by atoms with Crippen molar-refractivity contribution >= 4 is 40.0 Å². The third kappa shape index (κ3) is 5.41. The lowest BCUT2D eigenvalue weighted by Gasteiger charge is -2.15. The minimum Gasteiger partial charge on any atom is -0.462 e. The molecule has 2 aromatic rings. The second-order valence-corrected chi connectivity index (χ2v) is 9.51. The van der Waals surface area contributed by atoms with E-state index in [1.54, 1.807) is 6.92 Å². The number of ether oxygens (including phenoxy) is 1. The number of amides is 1. The van der Waals surface area contributed by atoms with Crippen LogP contribution in [0.15, 0.2) is 30.3 Å². The van der Waals surface area contributed by atoms with Crippen LogP contribution in [0.3, 0.4) is 0 Å². The Labute approximate surface area is 179 Å². The van der Waals surface area contributed by atoms with Crippen molar-refractivity contribution in [2.24, 2.45) is 0 Å². The number of hydrogen-bond donors (Lipinski definition) is 2. The normalized spacial score (nSPS) is 15.3. The third-order valence-electron chi connectivity index (χ3n) is 4.95. The monoisotopic (exact) mass is 433 g/mol. The molecule has 0 saturated heterocycles. The van der Waals surface area contributed by atoms with Crippen LogP contribution in [-0.2, 0) is 22.4 Å². The van der Waals surface area contributed by atoms with Crippen molar-refractivity contribution in [1.29, 1.82) is 0 Å². The summed E-state index contributed by atoms with van der Waals surface area (Å²) in [6.07, 6.45) is 3.32. The van der Waals surface area contributed by atoms with Crippen molar-refractivity contribution in [3.05, 3.63) is 51.9 Å². The molecule has 5 nitrogen and oxygen atoms in total. The molecule has 156 valence electrons. The van der Waals surface area contributed by atoms with E-state index in [0.29, 0.717) is 22.9 Å². The molecule has 2 N–H and O–H groups in total. The first-order valence-corrected chi connectivity index (χ1v) is 11.8. The van der Waals surface area contributed by atoms with E-state index >= 15 is 0 Å². The Bertz CT molecular complexity index is 850. The molecule has 1 aliphatic rings. The highest BCUT2D eigenvalue weighted by Crippen LogP contribution is 2.39. The van der Waals surface area contributed by atoms with Crippen LogP contribution in [0.4, 0.5) is 5.00 Å². The zero-order chi connectivity index (χ0) is 20.8. The van der Waals surface area contributed by atoms with Gasteiger partial charge in [0, 0.05) is 10.6 Å². The molecule has 0 bridgehead atoms. The van der Waals surface area contributed by atoms with Crippen molar-refractivity contribution in [1.82, 2.24) is 0 Å². The van der Waals surface area contributed by atoms with Crippen LogP contribution in [0.25, 0.3) is 0 Å². The van der Waals surface area contributed by atoms with Crippen LogP contribution in [0.1, 0.15) is 59.2 Å². The minimum atomic E-state index is -0.624. The quantitative estimate of drug-likeness (QED) is 0.595. The molecule has 3 rings (SSSR count). The topological polar surface area (TPSA) is 75.6 Å². The lowest BCUT2D eigenvalue weighted by Crippen LogP contribution is -2.24. The Morgan fingerprint density at radius 1 is 1.24 bits per heavy atom. The Morgan fingerprint density at radius 3 is 2.69 bits per heavy atom. The number of aliphatic hydroxyl groups is 1. The molecule has 0 aliphatic heterocycles. The zero-order valence-corrected chi connectivity index (χ0v) is 18.4. The van der Waals surface area contributed by atoms with Gasteiger partial charge in [-0.25, -0.2) is 4.79 Å². The largest absolute Gasteiger partial charge is 0.462 e. The molecule has 2 atom stereocenters. The number of aliphatic hydroxyl groups excluding tert-OH is 1. The van der Waals surface area contributed by atoms with Crippen LogP contribution in [-0.4, -0.2) is 34.6 Å². The predicted molar refractivity (Wildman–Crippen MR) is 119 cm³/mol. The highest BCUT2D eigenvalue weighted by atomic mass is 32.2. The molecule has 1 heterocycles. The van der Waals surface area contributed by atoms with Gasteiger partial charge in [-0.05, 0) is 50.7 Å². The number of hydrogen-bond acceptors (Lipinski definition) is 6. The van der Waals surface area contributed by atoms with Gasteiger partial charge in [0.25, 0.3) is 0 Å². The van der Waals surface area contributed by atoms with E-state index < -0.39 is 6.10 Å². The molecule has 7 heteroatoms. The summed E-state index contributed by atoms with van der Waals surface area (Å²) in [5.74, 6) is -0.106. The fourth-order valence-electron chi connectivity index (χ4n) is 3.37. The van der Waals surface area contributed by atoms with Gasteiger partial charge in [0.2, 0.25) is 5.91 Å². The predicted octanol–water partition coefficient (Wildman–Crippen LogP) is 4.60. The molecular formula is C22H27NO4S2. The van der Waals surface area contributed by atoms with E-state index in [4.69, 9.17) is 4.74 Å². The van der Waals surface area contributed by atoms with Crippen LogP contribution < -0.4 is 5.32 Å². The summed E-state index contributed by atoms with van der Waals surface area (Å²) in [5.41, 5.74) is 2.40. The summed E-state index contributed by atoms with van der Waals surface area (Å²) in [7, 11) is 0. The average molecular weight is 434 g/mol. The SMILES string of the molecule is CCOC(=O)c1c(NC(=O)C(C)SCC(O)c2ccccc2)sc2c1CCCC2. The first kappa shape index (κ1) is 21.9. The van der Waals surface area contributed by atoms with Crippen LogP contribution >= 0.6 is 23.1 Å². The van der Waals surface area contributed by atoms with Gasteiger partial charge >= 0.3 is 5.97 Å². The number of esters is 1. The molecule has 1 aromatic carbocycles. The van der Waals surface area contributed by atoms with Crippen molar-refractivity contribution in [3.8, 4) is 0 Å². The van der Waals surface area contributed by atoms with Gasteiger partial charge in [-0.3, -0.25) is 4.79 Å². The third-order valence-corrected chi connectivity index (χ3v) is 7.37. The van der Waals surface area contributed by atoms with Crippen molar-refractivity contribution < 1.29 is 19.4 Å². The molecule has 1 amide bonds. The van der Waals surface area contributed by atoms with Crippen molar-refractivity contribution in [2.75, 3.05) is 17.7 Å². The number of thiophene rings is 1. The molecule has 1 aliphatic carbocycles. The molecule has 0 fully saturated rings. The number of aryl methyl sites for hydroxylation is 1. The van der Waals surface area contributed by atoms with Gasteiger partial charge < -0.3 is 15.2 Å². The molecule has 0 spiro atoms. The maximum Gasteiger partial charge on any atom is 0.341 e.